The molecule has 8 heavy (non-hydrogen) atoms. The van der Waals surface area contributed by atoms with Gasteiger partial charge in [-0.15, -0.1) is 0 Å². The summed E-state index contributed by atoms with van der Waals surface area (Å²) < 4.78 is 3.19. The molecule has 2 nitrogen and oxygen atoms in total. The average molecular weight is 181 g/mol. The molecule has 0 radical (unpaired) electrons. The monoisotopic (exact) mass is 180 g/mol. The van der Waals surface area contributed by atoms with Gasteiger partial charge in [0, 0.05) is 6.61 Å². The number of aliphatic hydroxyl groups excluding tert-OH is 1. The van der Waals surface area contributed by atoms with Crippen LogP contribution in [0.2, 0.25) is 0 Å². The lowest BCUT2D eigenvalue weighted by Crippen LogP contribution is -1.69. The highest BCUT2D eigenvalue weighted by molar-refractivity contribution is 7.59. The molecular weight excluding hydrogens is 171 g/mol. The number of hydrogen-bond acceptors (Lipinski definition) is 2. The van der Waals surface area contributed by atoms with Crippen LogP contribution in [0.3, 0.4) is 0 Å². The molecule has 1 N–H and O–H groups in total. The summed E-state index contributed by atoms with van der Waals surface area (Å²) in [5, 5.41) is 7.88. The molecule has 0 spiro atoms. The van der Waals surface area contributed by atoms with E-state index in [1.165, 1.54) is 0 Å². The van der Waals surface area contributed by atoms with E-state index in [4.69, 9.17) is 5.11 Å². The van der Waals surface area contributed by atoms with Crippen molar-refractivity contribution in [3.8, 4) is 0 Å². The van der Waals surface area contributed by atoms with Gasteiger partial charge in [0.25, 0.3) is 0 Å². The Morgan fingerprint density at radius 1 is 1.50 bits per heavy atom. The van der Waals surface area contributed by atoms with Gasteiger partial charge in [0.1, 0.15) is 0 Å². The first-order valence-corrected chi connectivity index (χ1v) is 2.45. The van der Waals surface area contributed by atoms with E-state index in [-0.39, 0.29) is 13.5 Å². The second-order valence-electron chi connectivity index (χ2n) is 0.782. The molecule has 0 saturated carbocycles. The second kappa shape index (κ2) is 24.9. The molecule has 0 aromatic rings. The highest BCUT2D eigenvalue weighted by Crippen LogP contribution is 1.78. The number of halogens is 2. The van der Waals surface area contributed by atoms with Gasteiger partial charge in [-0.3, -0.25) is 0 Å². The Balaban J connectivity index is -0.0000000575. The van der Waals surface area contributed by atoms with Crippen LogP contribution in [-0.4, -0.2) is 11.7 Å². The standard InChI is InChI=1S/C3H8O.Cl2O.H2S/c1-2-3-4;1-3-2;/h4H,2-3H2,1H3;;1H2. The number of aliphatic hydroxyl groups is 1. The summed E-state index contributed by atoms with van der Waals surface area (Å²) in [4.78, 5) is 0. The molecule has 0 unspecified atom stereocenters. The van der Waals surface area contributed by atoms with Crippen LogP contribution in [-0.2, 0) is 3.84 Å². The van der Waals surface area contributed by atoms with Crippen molar-refractivity contribution in [3.63, 3.8) is 0 Å². The highest BCUT2D eigenvalue weighted by atomic mass is 35.6. The molecule has 0 aliphatic carbocycles. The van der Waals surface area contributed by atoms with E-state index in [1.807, 2.05) is 6.92 Å². The van der Waals surface area contributed by atoms with Crippen LogP contribution in [0.4, 0.5) is 0 Å². The molecule has 0 amide bonds. The van der Waals surface area contributed by atoms with E-state index in [2.05, 4.69) is 27.6 Å². The smallest absolute Gasteiger partial charge is 0.0832 e. The molecular formula is C3H10Cl2O2S. The molecule has 0 aliphatic rings. The fourth-order valence-corrected chi connectivity index (χ4v) is 0. The van der Waals surface area contributed by atoms with Crippen molar-refractivity contribution in [3.05, 3.63) is 0 Å². The maximum Gasteiger partial charge on any atom is 0.0832 e. The summed E-state index contributed by atoms with van der Waals surface area (Å²) in [6.45, 7) is 2.25. The van der Waals surface area contributed by atoms with Crippen molar-refractivity contribution >= 4 is 37.2 Å². The van der Waals surface area contributed by atoms with Crippen LogP contribution < -0.4 is 0 Å². The van der Waals surface area contributed by atoms with E-state index in [9.17, 15) is 0 Å². The Labute approximate surface area is 66.5 Å². The predicted molar refractivity (Wildman–Crippen MR) is 40.5 cm³/mol. The number of rotatable bonds is 1. The second-order valence-corrected chi connectivity index (χ2v) is 1.25. The number of hydrogen-bond donors (Lipinski definition) is 1. The minimum Gasteiger partial charge on any atom is -0.396 e. The van der Waals surface area contributed by atoms with Crippen molar-refractivity contribution in [2.45, 2.75) is 13.3 Å². The third-order valence-electron chi connectivity index (χ3n) is 0.224. The summed E-state index contributed by atoms with van der Waals surface area (Å²) >= 11 is 8.53. The van der Waals surface area contributed by atoms with Crippen LogP contribution in [0.5, 0.6) is 0 Å². The zero-order valence-corrected chi connectivity index (χ0v) is 7.04. The van der Waals surface area contributed by atoms with E-state index in [1.54, 1.807) is 0 Å². The Bertz CT molecular complexity index is 22.8. The quantitative estimate of drug-likeness (QED) is 0.668. The molecule has 0 bridgehead atoms. The molecule has 54 valence electrons. The van der Waals surface area contributed by atoms with Gasteiger partial charge < -0.3 is 5.11 Å². The fourth-order valence-electron chi connectivity index (χ4n) is 0. The van der Waals surface area contributed by atoms with E-state index >= 15 is 0 Å². The Hall–Kier alpha value is 0.850. The summed E-state index contributed by atoms with van der Waals surface area (Å²) in [6.07, 6.45) is 0.875. The van der Waals surface area contributed by atoms with Gasteiger partial charge in [-0.05, 0) is 6.42 Å². The maximum absolute atomic E-state index is 7.88. The fraction of sp³-hybridized carbons (Fsp3) is 1.00. The first-order valence-electron chi connectivity index (χ1n) is 1.83. The van der Waals surface area contributed by atoms with E-state index in [0.717, 1.165) is 6.42 Å². The molecule has 0 aromatic carbocycles. The summed E-state index contributed by atoms with van der Waals surface area (Å²) in [5.41, 5.74) is 0. The summed E-state index contributed by atoms with van der Waals surface area (Å²) in [7, 11) is 0. The normalized spacial score (nSPS) is 6.00. The molecule has 0 rings (SSSR count). The minimum atomic E-state index is 0. The molecule has 0 fully saturated rings. The largest absolute Gasteiger partial charge is 0.396 e. The van der Waals surface area contributed by atoms with E-state index in [0.29, 0.717) is 6.61 Å². The first-order chi connectivity index (χ1) is 3.33. The lowest BCUT2D eigenvalue weighted by atomic mass is 10.5. The highest BCUT2D eigenvalue weighted by Gasteiger charge is 1.57. The van der Waals surface area contributed by atoms with Gasteiger partial charge >= 0.3 is 0 Å². The Kier molecular flexibility index (Phi) is 49.5. The van der Waals surface area contributed by atoms with Crippen LogP contribution in [0.1, 0.15) is 13.3 Å². The van der Waals surface area contributed by atoms with Crippen molar-refractivity contribution in [2.75, 3.05) is 6.61 Å². The van der Waals surface area contributed by atoms with Crippen molar-refractivity contribution < 1.29 is 8.95 Å². The van der Waals surface area contributed by atoms with E-state index < -0.39 is 0 Å². The Morgan fingerprint density at radius 3 is 1.62 bits per heavy atom. The Morgan fingerprint density at radius 2 is 1.62 bits per heavy atom. The van der Waals surface area contributed by atoms with Gasteiger partial charge in [0.05, 0.1) is 23.7 Å². The van der Waals surface area contributed by atoms with Gasteiger partial charge in [-0.25, -0.2) is 0 Å². The SMILES string of the molecule is CCCO.ClOCl.S. The summed E-state index contributed by atoms with van der Waals surface area (Å²) in [5.74, 6) is 0. The summed E-state index contributed by atoms with van der Waals surface area (Å²) in [6, 6.07) is 0. The van der Waals surface area contributed by atoms with Crippen molar-refractivity contribution in [1.82, 2.24) is 0 Å². The topological polar surface area (TPSA) is 29.5 Å². The van der Waals surface area contributed by atoms with Gasteiger partial charge in [0.15, 0.2) is 0 Å². The lowest BCUT2D eigenvalue weighted by Gasteiger charge is -1.69. The zero-order valence-electron chi connectivity index (χ0n) is 4.53. The van der Waals surface area contributed by atoms with Crippen molar-refractivity contribution in [2.24, 2.45) is 0 Å². The third-order valence-corrected chi connectivity index (χ3v) is 0.224. The van der Waals surface area contributed by atoms with Crippen LogP contribution in [0.25, 0.3) is 0 Å². The molecule has 0 aromatic heterocycles. The average Bonchev–Trinajstić information content (AvgIpc) is 1.69. The zero-order chi connectivity index (χ0) is 6.12. The minimum absolute atomic E-state index is 0. The molecule has 0 heterocycles. The van der Waals surface area contributed by atoms with Gasteiger partial charge in [-0.2, -0.15) is 17.3 Å². The van der Waals surface area contributed by atoms with Gasteiger partial charge in [-0.1, -0.05) is 6.92 Å². The van der Waals surface area contributed by atoms with Crippen LogP contribution >= 0.6 is 37.2 Å². The molecule has 0 atom stereocenters. The first kappa shape index (κ1) is 15.9. The van der Waals surface area contributed by atoms with Crippen LogP contribution in [0.15, 0.2) is 0 Å². The van der Waals surface area contributed by atoms with Crippen LogP contribution in [0, 0.1) is 0 Å². The molecule has 0 aliphatic heterocycles. The third kappa shape index (κ3) is 68.5. The maximum atomic E-state index is 7.88. The predicted octanol–water partition coefficient (Wildman–Crippen LogP) is 1.81. The van der Waals surface area contributed by atoms with Gasteiger partial charge in [0.2, 0.25) is 0 Å². The lowest BCUT2D eigenvalue weighted by molar-refractivity contribution is 0.295. The molecule has 0 saturated heterocycles. The molecule has 5 heteroatoms. The van der Waals surface area contributed by atoms with Crippen molar-refractivity contribution in [1.29, 1.82) is 0 Å².